The van der Waals surface area contributed by atoms with E-state index in [0.29, 0.717) is 0 Å². The number of hydrogen-bond acceptors (Lipinski definition) is 2. The molecule has 0 atom stereocenters. The van der Waals surface area contributed by atoms with Crippen LogP contribution in [0.3, 0.4) is 0 Å². The maximum Gasteiger partial charge on any atom is 0.184 e. The van der Waals surface area contributed by atoms with E-state index in [2.05, 4.69) is 35.7 Å². The number of thiocarbonyl (C=S) groups is 1. The van der Waals surface area contributed by atoms with Crippen molar-refractivity contribution in [2.45, 2.75) is 32.6 Å². The summed E-state index contributed by atoms with van der Waals surface area (Å²) in [6.07, 6.45) is 4.47. The summed E-state index contributed by atoms with van der Waals surface area (Å²) in [5.74, 6) is 0. The van der Waals surface area contributed by atoms with Crippen LogP contribution in [0, 0.1) is 6.92 Å². The average Bonchev–Trinajstić information content (AvgIpc) is 2.48. The summed E-state index contributed by atoms with van der Waals surface area (Å²) in [6, 6.07) is 6.55. The predicted molar refractivity (Wildman–Crippen MR) is 75.2 cm³/mol. The first-order chi connectivity index (χ1) is 8.16. The quantitative estimate of drug-likeness (QED) is 0.455. The van der Waals surface area contributed by atoms with Crippen LogP contribution in [0.15, 0.2) is 23.3 Å². The molecule has 2 rings (SSSR count). The van der Waals surface area contributed by atoms with Gasteiger partial charge in [-0.2, -0.15) is 5.10 Å². The second kappa shape index (κ2) is 5.27. The van der Waals surface area contributed by atoms with Crippen LogP contribution in [0.5, 0.6) is 0 Å². The molecular formula is C13H17N3S. The van der Waals surface area contributed by atoms with Gasteiger partial charge in [0, 0.05) is 5.56 Å². The van der Waals surface area contributed by atoms with Crippen molar-refractivity contribution in [3.63, 3.8) is 0 Å². The lowest BCUT2D eigenvalue weighted by atomic mass is 9.99. The highest BCUT2D eigenvalue weighted by atomic mass is 32.1. The van der Waals surface area contributed by atoms with Gasteiger partial charge >= 0.3 is 0 Å². The molecule has 0 saturated heterocycles. The van der Waals surface area contributed by atoms with Gasteiger partial charge < -0.3 is 5.73 Å². The minimum Gasteiger partial charge on any atom is -0.375 e. The third-order valence-corrected chi connectivity index (χ3v) is 3.08. The van der Waals surface area contributed by atoms with Crippen molar-refractivity contribution in [1.82, 2.24) is 5.43 Å². The van der Waals surface area contributed by atoms with Crippen molar-refractivity contribution in [3.05, 3.63) is 34.9 Å². The molecule has 0 spiro atoms. The molecule has 4 heteroatoms. The molecule has 0 unspecified atom stereocenters. The Kier molecular flexibility index (Phi) is 3.74. The lowest BCUT2D eigenvalue weighted by molar-refractivity contribution is 0.774. The average molecular weight is 247 g/mol. The minimum absolute atomic E-state index is 0.218. The maximum absolute atomic E-state index is 5.41. The Morgan fingerprint density at radius 3 is 2.88 bits per heavy atom. The van der Waals surface area contributed by atoms with Crippen LogP contribution in [0.4, 0.5) is 0 Å². The summed E-state index contributed by atoms with van der Waals surface area (Å²) < 4.78 is 0. The number of fused-ring (bicyclic) bond motifs is 1. The van der Waals surface area contributed by atoms with Crippen LogP contribution in [-0.2, 0) is 6.42 Å². The zero-order valence-electron chi connectivity index (χ0n) is 9.99. The van der Waals surface area contributed by atoms with Crippen molar-refractivity contribution >= 4 is 23.0 Å². The Labute approximate surface area is 107 Å². The molecule has 0 bridgehead atoms. The summed E-state index contributed by atoms with van der Waals surface area (Å²) in [5, 5.41) is 4.54. The third-order valence-electron chi connectivity index (χ3n) is 2.99. The number of aryl methyl sites for hydroxylation is 2. The van der Waals surface area contributed by atoms with Gasteiger partial charge in [-0.1, -0.05) is 17.7 Å². The second-order valence-electron chi connectivity index (χ2n) is 4.40. The Balaban J connectivity index is 2.38. The van der Waals surface area contributed by atoms with Crippen molar-refractivity contribution in [2.75, 3.05) is 0 Å². The van der Waals surface area contributed by atoms with Crippen LogP contribution in [0.2, 0.25) is 0 Å². The summed E-state index contributed by atoms with van der Waals surface area (Å²) in [6.45, 7) is 2.10. The fraction of sp³-hybridized carbons (Fsp3) is 0.385. The summed E-state index contributed by atoms with van der Waals surface area (Å²) >= 11 is 4.78. The van der Waals surface area contributed by atoms with Gasteiger partial charge in [0.15, 0.2) is 5.11 Å². The lowest BCUT2D eigenvalue weighted by Crippen LogP contribution is -2.25. The van der Waals surface area contributed by atoms with Crippen molar-refractivity contribution in [1.29, 1.82) is 0 Å². The molecule has 3 N–H and O–H groups in total. The molecule has 1 aromatic rings. The van der Waals surface area contributed by atoms with Crippen LogP contribution < -0.4 is 11.2 Å². The number of nitrogens with zero attached hydrogens (tertiary/aromatic N) is 1. The molecule has 0 aromatic heterocycles. The van der Waals surface area contributed by atoms with E-state index in [1.54, 1.807) is 0 Å². The summed E-state index contributed by atoms with van der Waals surface area (Å²) in [4.78, 5) is 0. The molecule has 0 saturated carbocycles. The van der Waals surface area contributed by atoms with Gasteiger partial charge in [0.25, 0.3) is 0 Å². The van der Waals surface area contributed by atoms with Crippen molar-refractivity contribution in [2.24, 2.45) is 10.8 Å². The highest BCUT2D eigenvalue weighted by molar-refractivity contribution is 7.80. The van der Waals surface area contributed by atoms with Gasteiger partial charge in [-0.3, -0.25) is 5.43 Å². The number of hydrazone groups is 1. The molecule has 0 aliphatic heterocycles. The van der Waals surface area contributed by atoms with Gasteiger partial charge in [-0.15, -0.1) is 0 Å². The molecule has 1 aliphatic carbocycles. The predicted octanol–water partition coefficient (Wildman–Crippen LogP) is 2.26. The molecule has 0 amide bonds. The highest BCUT2D eigenvalue weighted by Gasteiger charge is 2.14. The Morgan fingerprint density at radius 1 is 1.35 bits per heavy atom. The van der Waals surface area contributed by atoms with E-state index in [4.69, 9.17) is 18.0 Å². The molecule has 0 radical (unpaired) electrons. The molecular weight excluding hydrogens is 230 g/mol. The van der Waals surface area contributed by atoms with Gasteiger partial charge in [0.05, 0.1) is 5.71 Å². The fourth-order valence-corrected chi connectivity index (χ4v) is 2.20. The molecule has 1 aliphatic rings. The first kappa shape index (κ1) is 12.0. The standard InChI is InChI=1S/C13H17N3S/c1-9-6-7-10-4-2-3-5-12(11(10)8-9)15-16-13(14)17/h6-8H,2-5H2,1H3,(H3,14,16,17)/b15-12+. The molecule has 0 heterocycles. The highest BCUT2D eigenvalue weighted by Crippen LogP contribution is 2.22. The molecule has 1 aromatic carbocycles. The lowest BCUT2D eigenvalue weighted by Gasteiger charge is -2.09. The number of nitrogens with two attached hydrogens (primary N) is 1. The second-order valence-corrected chi connectivity index (χ2v) is 4.84. The van der Waals surface area contributed by atoms with Crippen LogP contribution in [0.1, 0.15) is 36.0 Å². The monoisotopic (exact) mass is 247 g/mol. The third kappa shape index (κ3) is 3.03. The van der Waals surface area contributed by atoms with Gasteiger partial charge in [-0.05, 0) is 56.5 Å². The molecule has 0 fully saturated rings. The Morgan fingerprint density at radius 2 is 2.12 bits per heavy atom. The van der Waals surface area contributed by atoms with E-state index >= 15 is 0 Å². The molecule has 17 heavy (non-hydrogen) atoms. The van der Waals surface area contributed by atoms with Gasteiger partial charge in [0.2, 0.25) is 0 Å². The Hall–Kier alpha value is -1.42. The zero-order chi connectivity index (χ0) is 12.3. The molecule has 90 valence electrons. The van der Waals surface area contributed by atoms with Crippen LogP contribution in [0.25, 0.3) is 0 Å². The Bertz CT molecular complexity index is 466. The minimum atomic E-state index is 0.218. The van der Waals surface area contributed by atoms with Gasteiger partial charge in [0.1, 0.15) is 0 Å². The van der Waals surface area contributed by atoms with E-state index in [1.807, 2.05) is 0 Å². The SMILES string of the molecule is Cc1ccc2c(c1)/C(=N/NC(N)=S)CCCC2. The van der Waals surface area contributed by atoms with E-state index in [9.17, 15) is 0 Å². The van der Waals surface area contributed by atoms with E-state index in [0.717, 1.165) is 25.0 Å². The number of rotatable bonds is 1. The summed E-state index contributed by atoms with van der Waals surface area (Å²) in [5.41, 5.74) is 13.0. The largest absolute Gasteiger partial charge is 0.375 e. The first-order valence-corrected chi connectivity index (χ1v) is 6.29. The van der Waals surface area contributed by atoms with Crippen molar-refractivity contribution < 1.29 is 0 Å². The normalized spacial score (nSPS) is 17.4. The zero-order valence-corrected chi connectivity index (χ0v) is 10.8. The smallest absolute Gasteiger partial charge is 0.184 e. The van der Waals surface area contributed by atoms with Gasteiger partial charge in [-0.25, -0.2) is 0 Å². The number of nitrogens with one attached hydrogen (secondary N) is 1. The number of hydrogen-bond donors (Lipinski definition) is 2. The van der Waals surface area contributed by atoms with E-state index in [1.165, 1.54) is 23.1 Å². The van der Waals surface area contributed by atoms with Crippen LogP contribution in [-0.4, -0.2) is 10.8 Å². The van der Waals surface area contributed by atoms with Crippen molar-refractivity contribution in [3.8, 4) is 0 Å². The van der Waals surface area contributed by atoms with E-state index in [-0.39, 0.29) is 5.11 Å². The summed E-state index contributed by atoms with van der Waals surface area (Å²) in [7, 11) is 0. The first-order valence-electron chi connectivity index (χ1n) is 5.89. The fourth-order valence-electron chi connectivity index (χ4n) is 2.16. The number of benzene rings is 1. The van der Waals surface area contributed by atoms with E-state index < -0.39 is 0 Å². The van der Waals surface area contributed by atoms with Crippen LogP contribution >= 0.6 is 12.2 Å². The maximum atomic E-state index is 5.41. The molecule has 3 nitrogen and oxygen atoms in total. The topological polar surface area (TPSA) is 50.4 Å².